The lowest BCUT2D eigenvalue weighted by atomic mass is 10.0. The molecule has 0 aromatic carbocycles. The number of hydrogen-bond donors (Lipinski definition) is 1. The molecule has 2 fully saturated rings. The van der Waals surface area contributed by atoms with Gasteiger partial charge in [-0.3, -0.25) is 4.79 Å². The van der Waals surface area contributed by atoms with Crippen molar-refractivity contribution in [3.8, 4) is 0 Å². The molecule has 0 amide bonds. The molecule has 1 saturated carbocycles. The zero-order valence-corrected chi connectivity index (χ0v) is 15.9. The second kappa shape index (κ2) is 9.53. The fourth-order valence-corrected chi connectivity index (χ4v) is 3.55. The van der Waals surface area contributed by atoms with Gasteiger partial charge in [0, 0.05) is 13.0 Å². The maximum atomic E-state index is 12.5. The Balaban J connectivity index is 2.11. The van der Waals surface area contributed by atoms with Gasteiger partial charge in [-0.05, 0) is 38.5 Å². The zero-order chi connectivity index (χ0) is 18.4. The molecule has 0 bridgehead atoms. The Morgan fingerprint density at radius 2 is 1.88 bits per heavy atom. The highest BCUT2D eigenvalue weighted by Crippen LogP contribution is 2.28. The average Bonchev–Trinajstić information content (AvgIpc) is 3.09. The smallest absolute Gasteiger partial charge is 0.365 e. The topological polar surface area (TPSA) is 89.5 Å². The van der Waals surface area contributed by atoms with Crippen molar-refractivity contribution in [2.45, 2.75) is 90.1 Å². The van der Waals surface area contributed by atoms with E-state index >= 15 is 0 Å². The fourth-order valence-electron chi connectivity index (χ4n) is 3.55. The molecule has 0 aromatic heterocycles. The first-order valence-electron chi connectivity index (χ1n) is 9.74. The summed E-state index contributed by atoms with van der Waals surface area (Å²) in [4.78, 5) is 24.7. The van der Waals surface area contributed by atoms with Crippen LogP contribution in [0.5, 0.6) is 0 Å². The summed E-state index contributed by atoms with van der Waals surface area (Å²) in [6.07, 6.45) is 4.79. The van der Waals surface area contributed by atoms with E-state index in [1.807, 2.05) is 0 Å². The molecule has 0 spiro atoms. The van der Waals surface area contributed by atoms with Crippen LogP contribution in [0.1, 0.15) is 65.7 Å². The molecule has 4 atom stereocenters. The van der Waals surface area contributed by atoms with Gasteiger partial charge in [0.05, 0.1) is 12.0 Å². The van der Waals surface area contributed by atoms with Crippen LogP contribution in [0.15, 0.2) is 0 Å². The Morgan fingerprint density at radius 1 is 1.20 bits per heavy atom. The molecule has 1 saturated heterocycles. The van der Waals surface area contributed by atoms with Gasteiger partial charge in [0.25, 0.3) is 0 Å². The van der Waals surface area contributed by atoms with Crippen LogP contribution in [0.2, 0.25) is 0 Å². The number of quaternary nitrogens is 1. The fraction of sp³-hybridized carbons (Fsp3) is 0.895. The van der Waals surface area contributed by atoms with Crippen LogP contribution >= 0.6 is 0 Å². The summed E-state index contributed by atoms with van der Waals surface area (Å²) in [5.74, 6) is -0.132. The van der Waals surface area contributed by atoms with E-state index in [1.54, 1.807) is 6.92 Å². The number of cyclic esters (lactones) is 1. The zero-order valence-electron chi connectivity index (χ0n) is 15.9. The third-order valence-electron chi connectivity index (χ3n) is 5.09. The summed E-state index contributed by atoms with van der Waals surface area (Å²) in [6, 6.07) is -0.377. The first kappa shape index (κ1) is 20.2. The van der Waals surface area contributed by atoms with E-state index in [0.29, 0.717) is 18.9 Å². The van der Waals surface area contributed by atoms with Gasteiger partial charge >= 0.3 is 11.9 Å². The highest BCUT2D eigenvalue weighted by molar-refractivity contribution is 5.74. The van der Waals surface area contributed by atoms with Gasteiger partial charge in [0.15, 0.2) is 12.1 Å². The maximum Gasteiger partial charge on any atom is 0.365 e. The van der Waals surface area contributed by atoms with Crippen molar-refractivity contribution < 1.29 is 29.5 Å². The molecule has 1 aliphatic carbocycles. The molecule has 1 aliphatic heterocycles. The molecule has 25 heavy (non-hydrogen) atoms. The van der Waals surface area contributed by atoms with Gasteiger partial charge in [-0.2, -0.15) is 0 Å². The molecular weight excluding hydrogens is 322 g/mol. The molecule has 1 heterocycles. The Kier molecular flexibility index (Phi) is 7.69. The second-order valence-electron chi connectivity index (χ2n) is 7.92. The minimum absolute atomic E-state index is 0.0260. The van der Waals surface area contributed by atoms with E-state index < -0.39 is 12.2 Å². The standard InChI is InChI=1S/C19H33NO5/c1-12(2)11-23-16-10-6-9-15(20)19(22)24-13(3)17(16)25-18(21)14-7-4-5-8-14/h12-17H,4-11,20H2,1-3H3/p+1/t13-,15-,16-,17-/m0/s1. The van der Waals surface area contributed by atoms with E-state index in [-0.39, 0.29) is 30.0 Å². The van der Waals surface area contributed by atoms with Crippen LogP contribution in [0, 0.1) is 11.8 Å². The predicted molar refractivity (Wildman–Crippen MR) is 92.5 cm³/mol. The average molecular weight is 356 g/mol. The van der Waals surface area contributed by atoms with Gasteiger partial charge in [-0.25, -0.2) is 4.79 Å². The van der Waals surface area contributed by atoms with E-state index in [2.05, 4.69) is 19.6 Å². The lowest BCUT2D eigenvalue weighted by Gasteiger charge is -2.31. The number of rotatable bonds is 5. The minimum atomic E-state index is -0.555. The first-order chi connectivity index (χ1) is 11.9. The molecule has 0 unspecified atom stereocenters. The summed E-state index contributed by atoms with van der Waals surface area (Å²) in [5, 5.41) is 0. The van der Waals surface area contributed by atoms with Crippen LogP contribution in [-0.4, -0.2) is 42.9 Å². The Labute approximate surface area is 150 Å². The number of esters is 2. The lowest BCUT2D eigenvalue weighted by Crippen LogP contribution is -2.65. The highest BCUT2D eigenvalue weighted by atomic mass is 16.6. The predicted octanol–water partition coefficient (Wildman–Crippen LogP) is 1.86. The van der Waals surface area contributed by atoms with Crippen LogP contribution in [-0.2, 0) is 23.8 Å². The van der Waals surface area contributed by atoms with Crippen molar-refractivity contribution in [3.05, 3.63) is 0 Å². The molecule has 0 aromatic rings. The molecule has 0 radical (unpaired) electrons. The van der Waals surface area contributed by atoms with Crippen molar-refractivity contribution in [2.24, 2.45) is 11.8 Å². The molecule has 144 valence electrons. The first-order valence-corrected chi connectivity index (χ1v) is 9.74. The largest absolute Gasteiger partial charge is 0.455 e. The van der Waals surface area contributed by atoms with Crippen molar-refractivity contribution in [3.63, 3.8) is 0 Å². The van der Waals surface area contributed by atoms with Crippen molar-refractivity contribution >= 4 is 11.9 Å². The normalized spacial score (nSPS) is 32.0. The Morgan fingerprint density at radius 3 is 2.52 bits per heavy atom. The minimum Gasteiger partial charge on any atom is -0.455 e. The molecule has 3 N–H and O–H groups in total. The third kappa shape index (κ3) is 5.96. The lowest BCUT2D eigenvalue weighted by molar-refractivity contribution is -0.410. The van der Waals surface area contributed by atoms with Crippen LogP contribution in [0.4, 0.5) is 0 Å². The van der Waals surface area contributed by atoms with Crippen LogP contribution in [0.25, 0.3) is 0 Å². The van der Waals surface area contributed by atoms with Crippen LogP contribution in [0.3, 0.4) is 0 Å². The van der Waals surface area contributed by atoms with E-state index in [0.717, 1.165) is 38.5 Å². The molecular formula is C19H34NO5+. The summed E-state index contributed by atoms with van der Waals surface area (Å²) in [6.45, 7) is 6.55. The Bertz CT molecular complexity index is 447. The van der Waals surface area contributed by atoms with Crippen molar-refractivity contribution in [1.82, 2.24) is 0 Å². The summed E-state index contributed by atoms with van der Waals surface area (Å²) >= 11 is 0. The second-order valence-corrected chi connectivity index (χ2v) is 7.92. The number of hydrogen-bond acceptors (Lipinski definition) is 5. The molecule has 6 heteroatoms. The van der Waals surface area contributed by atoms with Crippen molar-refractivity contribution in [1.29, 1.82) is 0 Å². The molecule has 2 rings (SSSR count). The van der Waals surface area contributed by atoms with E-state index in [1.165, 1.54) is 0 Å². The van der Waals surface area contributed by atoms with E-state index in [9.17, 15) is 9.59 Å². The monoisotopic (exact) mass is 356 g/mol. The highest BCUT2D eigenvalue weighted by Gasteiger charge is 2.38. The SMILES string of the molecule is CC(C)CO[C@H]1CCC[C@H]([NH3+])C(=O)O[C@@H](C)[C@@H]1OC(=O)C1CCCC1. The van der Waals surface area contributed by atoms with Gasteiger partial charge < -0.3 is 19.9 Å². The third-order valence-corrected chi connectivity index (χ3v) is 5.09. The van der Waals surface area contributed by atoms with Crippen LogP contribution < -0.4 is 5.73 Å². The summed E-state index contributed by atoms with van der Waals surface area (Å²) in [5.41, 5.74) is 3.88. The van der Waals surface area contributed by atoms with Gasteiger partial charge in [0.1, 0.15) is 6.10 Å². The number of ether oxygens (including phenoxy) is 3. The molecule has 6 nitrogen and oxygen atoms in total. The Hall–Kier alpha value is -1.14. The van der Waals surface area contributed by atoms with Gasteiger partial charge in [-0.15, -0.1) is 0 Å². The number of carbonyl (C=O) groups is 2. The summed E-state index contributed by atoms with van der Waals surface area (Å²) in [7, 11) is 0. The van der Waals surface area contributed by atoms with Gasteiger partial charge in [-0.1, -0.05) is 26.7 Å². The maximum absolute atomic E-state index is 12.5. The molecule has 2 aliphatic rings. The quantitative estimate of drug-likeness (QED) is 0.760. The summed E-state index contributed by atoms with van der Waals surface area (Å²) < 4.78 is 17.4. The number of carbonyl (C=O) groups excluding carboxylic acids is 2. The van der Waals surface area contributed by atoms with E-state index in [4.69, 9.17) is 14.2 Å². The van der Waals surface area contributed by atoms with Crippen molar-refractivity contribution in [2.75, 3.05) is 6.61 Å². The van der Waals surface area contributed by atoms with Gasteiger partial charge in [0.2, 0.25) is 0 Å².